The maximum Gasteiger partial charge on any atom is 0.280 e. The number of hydrogen-bond donors (Lipinski definition) is 1. The van der Waals surface area contributed by atoms with Crippen LogP contribution in [0.4, 0.5) is 0 Å². The number of aromatic nitrogens is 4. The summed E-state index contributed by atoms with van der Waals surface area (Å²) < 4.78 is 3.71. The fourth-order valence-corrected chi connectivity index (χ4v) is 1.90. The molecule has 2 aromatic heterocycles. The summed E-state index contributed by atoms with van der Waals surface area (Å²) in [6, 6.07) is 0. The van der Waals surface area contributed by atoms with Crippen LogP contribution in [0.25, 0.3) is 10.3 Å². The Morgan fingerprint density at radius 2 is 2.13 bits per heavy atom. The van der Waals surface area contributed by atoms with Crippen LogP contribution in [0, 0.1) is 5.41 Å². The van der Waals surface area contributed by atoms with Gasteiger partial charge in [0, 0.05) is 18.0 Å². The van der Waals surface area contributed by atoms with Gasteiger partial charge in [0.05, 0.1) is 0 Å². The lowest BCUT2D eigenvalue weighted by Gasteiger charge is -2.16. The molecule has 80 valence electrons. The van der Waals surface area contributed by atoms with Crippen LogP contribution in [0.5, 0.6) is 0 Å². The molecule has 0 aliphatic rings. The lowest BCUT2D eigenvalue weighted by Crippen LogP contribution is -2.17. The van der Waals surface area contributed by atoms with Gasteiger partial charge in [0.15, 0.2) is 10.3 Å². The molecule has 0 atom stereocenters. The zero-order valence-electron chi connectivity index (χ0n) is 8.87. The molecule has 5 nitrogen and oxygen atoms in total. The molecule has 1 N–H and O–H groups in total. The second-order valence-electron chi connectivity index (χ2n) is 4.68. The SMILES string of the molecule is CC(C)(C)Cc1nc2snnc2c(=O)[nH]1. The second-order valence-corrected chi connectivity index (χ2v) is 5.41. The van der Waals surface area contributed by atoms with E-state index in [1.165, 1.54) is 0 Å². The lowest BCUT2D eigenvalue weighted by molar-refractivity contribution is 0.401. The monoisotopic (exact) mass is 224 g/mol. The van der Waals surface area contributed by atoms with E-state index < -0.39 is 0 Å². The van der Waals surface area contributed by atoms with Crippen molar-refractivity contribution in [2.75, 3.05) is 0 Å². The van der Waals surface area contributed by atoms with E-state index in [0.29, 0.717) is 16.2 Å². The summed E-state index contributed by atoms with van der Waals surface area (Å²) in [6.45, 7) is 6.30. The van der Waals surface area contributed by atoms with E-state index >= 15 is 0 Å². The Morgan fingerprint density at radius 1 is 1.40 bits per heavy atom. The van der Waals surface area contributed by atoms with Crippen LogP contribution in [-0.2, 0) is 6.42 Å². The van der Waals surface area contributed by atoms with Crippen molar-refractivity contribution in [3.8, 4) is 0 Å². The van der Waals surface area contributed by atoms with Crippen molar-refractivity contribution in [2.45, 2.75) is 27.2 Å². The van der Waals surface area contributed by atoms with E-state index in [4.69, 9.17) is 0 Å². The molecule has 0 bridgehead atoms. The zero-order valence-corrected chi connectivity index (χ0v) is 9.68. The van der Waals surface area contributed by atoms with Crippen molar-refractivity contribution in [1.82, 2.24) is 19.6 Å². The molecular formula is C9H12N4OS. The fourth-order valence-electron chi connectivity index (χ4n) is 1.33. The minimum Gasteiger partial charge on any atom is -0.309 e. The van der Waals surface area contributed by atoms with Gasteiger partial charge in [-0.3, -0.25) is 4.79 Å². The van der Waals surface area contributed by atoms with Gasteiger partial charge in [0.25, 0.3) is 5.56 Å². The van der Waals surface area contributed by atoms with Crippen LogP contribution in [0.2, 0.25) is 0 Å². The predicted molar refractivity (Wildman–Crippen MR) is 59.0 cm³/mol. The van der Waals surface area contributed by atoms with Crippen molar-refractivity contribution >= 4 is 21.9 Å². The summed E-state index contributed by atoms with van der Waals surface area (Å²) in [5.41, 5.74) is 0.229. The molecule has 15 heavy (non-hydrogen) atoms. The van der Waals surface area contributed by atoms with Crippen LogP contribution >= 0.6 is 11.5 Å². The number of aromatic amines is 1. The Hall–Kier alpha value is -1.30. The van der Waals surface area contributed by atoms with Gasteiger partial charge in [-0.1, -0.05) is 25.3 Å². The van der Waals surface area contributed by atoms with Gasteiger partial charge in [-0.15, -0.1) is 5.10 Å². The minimum atomic E-state index is -0.201. The van der Waals surface area contributed by atoms with Crippen LogP contribution in [0.1, 0.15) is 26.6 Å². The van der Waals surface area contributed by atoms with Gasteiger partial charge < -0.3 is 4.98 Å². The highest BCUT2D eigenvalue weighted by Gasteiger charge is 2.15. The quantitative estimate of drug-likeness (QED) is 0.794. The van der Waals surface area contributed by atoms with Gasteiger partial charge in [-0.2, -0.15) is 0 Å². The molecule has 6 heteroatoms. The van der Waals surface area contributed by atoms with Gasteiger partial charge in [0.1, 0.15) is 5.82 Å². The molecule has 0 aliphatic heterocycles. The third-order valence-electron chi connectivity index (χ3n) is 1.88. The van der Waals surface area contributed by atoms with Gasteiger partial charge in [-0.05, 0) is 5.41 Å². The molecule has 2 rings (SSSR count). The average molecular weight is 224 g/mol. The molecule has 0 aliphatic carbocycles. The Morgan fingerprint density at radius 3 is 2.80 bits per heavy atom. The van der Waals surface area contributed by atoms with Gasteiger partial charge in [-0.25, -0.2) is 4.98 Å². The summed E-state index contributed by atoms with van der Waals surface area (Å²) in [5.74, 6) is 0.700. The summed E-state index contributed by atoms with van der Waals surface area (Å²) in [5, 5.41) is 3.72. The molecular weight excluding hydrogens is 212 g/mol. The van der Waals surface area contributed by atoms with E-state index in [1.54, 1.807) is 0 Å². The molecule has 0 amide bonds. The van der Waals surface area contributed by atoms with Crippen molar-refractivity contribution in [3.63, 3.8) is 0 Å². The number of nitrogens with one attached hydrogen (secondary N) is 1. The summed E-state index contributed by atoms with van der Waals surface area (Å²) in [6.07, 6.45) is 0.732. The van der Waals surface area contributed by atoms with E-state index in [1.807, 2.05) is 0 Å². The number of fused-ring (bicyclic) bond motifs is 1. The zero-order chi connectivity index (χ0) is 11.1. The number of nitrogens with zero attached hydrogens (tertiary/aromatic N) is 3. The Labute approximate surface area is 90.7 Å². The van der Waals surface area contributed by atoms with Crippen molar-refractivity contribution in [1.29, 1.82) is 0 Å². The molecule has 0 saturated heterocycles. The normalized spacial score (nSPS) is 12.2. The fraction of sp³-hybridized carbons (Fsp3) is 0.556. The van der Waals surface area contributed by atoms with E-state index in [2.05, 4.69) is 40.3 Å². The van der Waals surface area contributed by atoms with E-state index in [0.717, 1.165) is 18.0 Å². The van der Waals surface area contributed by atoms with Crippen LogP contribution < -0.4 is 5.56 Å². The topological polar surface area (TPSA) is 71.5 Å². The summed E-state index contributed by atoms with van der Waals surface area (Å²) >= 11 is 1.15. The minimum absolute atomic E-state index is 0.0989. The van der Waals surface area contributed by atoms with Crippen molar-refractivity contribution < 1.29 is 0 Å². The smallest absolute Gasteiger partial charge is 0.280 e. The first-order valence-electron chi connectivity index (χ1n) is 4.67. The highest BCUT2D eigenvalue weighted by molar-refractivity contribution is 7.12. The molecule has 0 saturated carbocycles. The molecule has 0 aromatic carbocycles. The first-order chi connectivity index (χ1) is 6.96. The molecule has 2 aromatic rings. The van der Waals surface area contributed by atoms with Crippen LogP contribution in [0.3, 0.4) is 0 Å². The third kappa shape index (κ3) is 2.20. The number of H-pyrrole nitrogens is 1. The molecule has 0 unspecified atom stereocenters. The maximum absolute atomic E-state index is 11.6. The van der Waals surface area contributed by atoms with E-state index in [9.17, 15) is 4.79 Å². The molecule has 0 radical (unpaired) electrons. The third-order valence-corrected chi connectivity index (χ3v) is 2.50. The number of rotatable bonds is 1. The second kappa shape index (κ2) is 3.37. The predicted octanol–water partition coefficient (Wildman–Crippen LogP) is 1.36. The van der Waals surface area contributed by atoms with Gasteiger partial charge >= 0.3 is 0 Å². The van der Waals surface area contributed by atoms with Crippen LogP contribution in [0.15, 0.2) is 4.79 Å². The number of hydrogen-bond acceptors (Lipinski definition) is 5. The standard InChI is InChI=1S/C9H12N4OS/c1-9(2,3)4-5-10-7(14)6-8(11-5)15-13-12-6/h4H2,1-3H3,(H,10,11,14). The van der Waals surface area contributed by atoms with E-state index in [-0.39, 0.29) is 11.0 Å². The first kappa shape index (κ1) is 10.2. The Bertz CT molecular complexity index is 537. The molecule has 0 spiro atoms. The summed E-state index contributed by atoms with van der Waals surface area (Å²) in [7, 11) is 0. The molecule has 0 fully saturated rings. The van der Waals surface area contributed by atoms with Gasteiger partial charge in [0.2, 0.25) is 0 Å². The van der Waals surface area contributed by atoms with Crippen molar-refractivity contribution in [3.05, 3.63) is 16.2 Å². The maximum atomic E-state index is 11.6. The van der Waals surface area contributed by atoms with Crippen molar-refractivity contribution in [2.24, 2.45) is 5.41 Å². The average Bonchev–Trinajstić information content (AvgIpc) is 2.48. The summed E-state index contributed by atoms with van der Waals surface area (Å²) in [4.78, 5) is 19.2. The Kier molecular flexibility index (Phi) is 2.30. The highest BCUT2D eigenvalue weighted by atomic mass is 32.1. The highest BCUT2D eigenvalue weighted by Crippen LogP contribution is 2.18. The Balaban J connectivity index is 2.50. The largest absolute Gasteiger partial charge is 0.309 e. The lowest BCUT2D eigenvalue weighted by atomic mass is 9.92. The molecule has 2 heterocycles. The first-order valence-corrected chi connectivity index (χ1v) is 5.44. The van der Waals surface area contributed by atoms with Crippen LogP contribution in [-0.4, -0.2) is 19.6 Å².